The van der Waals surface area contributed by atoms with E-state index < -0.39 is 49.9 Å². The fourth-order valence-corrected chi connectivity index (χ4v) is 23.1. The van der Waals surface area contributed by atoms with Gasteiger partial charge >= 0.3 is 187 Å². The van der Waals surface area contributed by atoms with Crippen molar-refractivity contribution in [2.45, 2.75) is 95.4 Å². The van der Waals surface area contributed by atoms with Crippen LogP contribution in [0.5, 0.6) is 0 Å². The van der Waals surface area contributed by atoms with E-state index in [4.69, 9.17) is 0 Å². The molecule has 3 N–H and O–H groups in total. The van der Waals surface area contributed by atoms with Gasteiger partial charge in [0.1, 0.15) is 0 Å². The minimum atomic E-state index is -5.88. The molecule has 30 heavy (non-hydrogen) atoms. The molecule has 0 heterocycles. The number of nitrogens with one attached hydrogen (secondary N) is 3. The van der Waals surface area contributed by atoms with Gasteiger partial charge in [0.25, 0.3) is 0 Å². The second-order valence-electron chi connectivity index (χ2n) is 8.17. The molecule has 1 rings (SSSR count). The Morgan fingerprint density at radius 1 is 0.833 bits per heavy atom. The van der Waals surface area contributed by atoms with Crippen LogP contribution in [0.1, 0.15) is 67.2 Å². The Morgan fingerprint density at radius 2 is 1.20 bits per heavy atom. The summed E-state index contributed by atoms with van der Waals surface area (Å²) in [6, 6.07) is -0.108. The van der Waals surface area contributed by atoms with Gasteiger partial charge in [0, 0.05) is 0 Å². The van der Waals surface area contributed by atoms with Crippen molar-refractivity contribution in [3.8, 4) is 0 Å². The number of alkyl halides is 6. The Bertz CT molecular complexity index is 575. The van der Waals surface area contributed by atoms with Crippen LogP contribution in [0.15, 0.2) is 19.8 Å². The van der Waals surface area contributed by atoms with Gasteiger partial charge in [-0.05, 0) is 0 Å². The number of halogens is 6. The zero-order valence-electron chi connectivity index (χ0n) is 18.6. The Balaban J connectivity index is 3.73. The van der Waals surface area contributed by atoms with Crippen LogP contribution in [0.2, 0.25) is 0 Å². The molecule has 176 valence electrons. The average Bonchev–Trinajstić information content (AvgIpc) is 3.07. The maximum absolute atomic E-state index is 13.7. The first kappa shape index (κ1) is 28.4. The summed E-state index contributed by atoms with van der Waals surface area (Å²) in [4.78, 5) is 0. The molecule has 0 amide bonds. The third kappa shape index (κ3) is 7.46. The van der Waals surface area contributed by atoms with Crippen molar-refractivity contribution in [3.05, 3.63) is 19.8 Å². The summed E-state index contributed by atoms with van der Waals surface area (Å²) >= 11 is -10.2. The standard InChI is InChI=1S/C7H5F6Ge.3C4H10N.Zr/c8-6(9,10)14(7(11,12)13)5-3-1-2-4-5;3*1-3-4(2)5;/h1,3,14H,2H2;3*4-5H,3H2,1-2H3;/q;3*-1;+3. The molecule has 0 fully saturated rings. The predicted molar refractivity (Wildman–Crippen MR) is 109 cm³/mol. The number of hydrogen-bond acceptors (Lipinski definition) is 3. The summed E-state index contributed by atoms with van der Waals surface area (Å²) in [5, 5.41) is -10.4. The third-order valence-corrected chi connectivity index (χ3v) is 22.6. The zero-order chi connectivity index (χ0) is 23.3. The Labute approximate surface area is 186 Å². The van der Waals surface area contributed by atoms with Gasteiger partial charge in [0.05, 0.1) is 0 Å². The average molecular weight is 583 g/mol. The van der Waals surface area contributed by atoms with Crippen LogP contribution in [0.3, 0.4) is 0 Å². The molecule has 0 spiro atoms. The van der Waals surface area contributed by atoms with E-state index in [0.29, 0.717) is 3.28 Å². The van der Waals surface area contributed by atoms with Crippen LogP contribution >= 0.6 is 0 Å². The van der Waals surface area contributed by atoms with Crippen LogP contribution in [-0.2, 0) is 21.1 Å². The summed E-state index contributed by atoms with van der Waals surface area (Å²) in [5.74, 6) is 0. The van der Waals surface area contributed by atoms with Crippen LogP contribution in [-0.4, -0.2) is 42.5 Å². The van der Waals surface area contributed by atoms with E-state index in [2.05, 4.69) is 9.78 Å². The molecule has 0 aliphatic heterocycles. The van der Waals surface area contributed by atoms with E-state index in [1.807, 2.05) is 41.5 Å². The van der Waals surface area contributed by atoms with Crippen molar-refractivity contribution in [3.63, 3.8) is 0 Å². The second-order valence-corrected chi connectivity index (χ2v) is 21.3. The molecule has 3 unspecified atom stereocenters. The summed E-state index contributed by atoms with van der Waals surface area (Å²) in [5.41, 5.74) is 0. The monoisotopic (exact) mass is 583 g/mol. The molecule has 1 aliphatic carbocycles. The molecule has 0 saturated carbocycles. The fourth-order valence-electron chi connectivity index (χ4n) is 3.50. The summed E-state index contributed by atoms with van der Waals surface area (Å²) in [7, 11) is 0. The molecule has 0 radical (unpaired) electrons. The van der Waals surface area contributed by atoms with Crippen molar-refractivity contribution in [2.24, 2.45) is 0 Å². The number of allylic oxidation sites excluding steroid dienone is 4. The van der Waals surface area contributed by atoms with Gasteiger partial charge < -0.3 is 0 Å². The van der Waals surface area contributed by atoms with E-state index in [1.165, 1.54) is 6.08 Å². The molecule has 1 aliphatic rings. The molecular formula is C19H35F6GeN3Zr. The number of rotatable bonds is 11. The predicted octanol–water partition coefficient (Wildman–Crippen LogP) is 5.23. The van der Waals surface area contributed by atoms with Crippen molar-refractivity contribution in [1.82, 2.24) is 9.78 Å². The Kier molecular flexibility index (Phi) is 10.9. The van der Waals surface area contributed by atoms with E-state index in [9.17, 15) is 26.3 Å². The van der Waals surface area contributed by atoms with E-state index in [-0.39, 0.29) is 24.5 Å². The van der Waals surface area contributed by atoms with Crippen molar-refractivity contribution in [1.29, 1.82) is 0 Å². The molecule has 0 aromatic heterocycles. The quantitative estimate of drug-likeness (QED) is 0.231. The minimum absolute atomic E-state index is 0.0361. The van der Waals surface area contributed by atoms with Gasteiger partial charge in [-0.3, -0.25) is 0 Å². The van der Waals surface area contributed by atoms with Crippen molar-refractivity contribution in [2.75, 3.05) is 0 Å². The first-order chi connectivity index (χ1) is 13.7. The van der Waals surface area contributed by atoms with Gasteiger partial charge in [-0.15, -0.1) is 0 Å². The normalized spacial score (nSPS) is 20.6. The fraction of sp³-hybridized carbons (Fsp3) is 0.789. The van der Waals surface area contributed by atoms with E-state index in [0.717, 1.165) is 25.3 Å². The van der Waals surface area contributed by atoms with Crippen LogP contribution in [0, 0.1) is 0 Å². The summed E-state index contributed by atoms with van der Waals surface area (Å²) in [6.45, 7) is 11.6. The summed E-state index contributed by atoms with van der Waals surface area (Å²) < 4.78 is 92.5. The first-order valence-electron chi connectivity index (χ1n) is 10.6. The zero-order valence-corrected chi connectivity index (χ0v) is 23.4. The third-order valence-electron chi connectivity index (χ3n) is 5.61. The van der Waals surface area contributed by atoms with Crippen LogP contribution in [0.25, 0.3) is 0 Å². The van der Waals surface area contributed by atoms with Crippen molar-refractivity contribution < 1.29 is 47.5 Å². The number of hydrogen-bond donors (Lipinski definition) is 3. The van der Waals surface area contributed by atoms with E-state index >= 15 is 0 Å². The molecule has 0 bridgehead atoms. The maximum atomic E-state index is 13.7. The van der Waals surface area contributed by atoms with Crippen molar-refractivity contribution >= 4 is 14.3 Å². The summed E-state index contributed by atoms with van der Waals surface area (Å²) in [6.07, 6.45) is 4.89. The molecule has 3 atom stereocenters. The van der Waals surface area contributed by atoms with E-state index in [1.54, 1.807) is 0 Å². The second kappa shape index (κ2) is 11.5. The topological polar surface area (TPSA) is 36.1 Å². The molecule has 3 nitrogen and oxygen atoms in total. The van der Waals surface area contributed by atoms with Gasteiger partial charge in [0.2, 0.25) is 0 Å². The molecule has 0 aromatic carbocycles. The Hall–Kier alpha value is 0.366. The molecular weight excluding hydrogens is 548 g/mol. The molecule has 0 aromatic rings. The SMILES string of the molecule is CCC(C)[NH][Zr]([NH]C(C)CC)([NH]C(C)CC)[C]1=[C]([GeH]([C](F)(F)F)[C](F)(F)F)C=CC1. The van der Waals surface area contributed by atoms with Gasteiger partial charge in [-0.25, -0.2) is 0 Å². The molecule has 0 saturated heterocycles. The first-order valence-corrected chi connectivity index (χ1v) is 19.1. The van der Waals surface area contributed by atoms with Crippen LogP contribution in [0.4, 0.5) is 26.3 Å². The van der Waals surface area contributed by atoms with Gasteiger partial charge in [-0.1, -0.05) is 0 Å². The van der Waals surface area contributed by atoms with Gasteiger partial charge in [0.15, 0.2) is 0 Å². The van der Waals surface area contributed by atoms with Crippen LogP contribution < -0.4 is 9.78 Å². The Morgan fingerprint density at radius 3 is 1.50 bits per heavy atom. The molecule has 11 heteroatoms. The van der Waals surface area contributed by atoms with Gasteiger partial charge in [-0.2, -0.15) is 0 Å².